The van der Waals surface area contributed by atoms with E-state index >= 15 is 0 Å². The number of nitrogens with two attached hydrogens (primary N) is 1. The Labute approximate surface area is 69.5 Å². The smallest absolute Gasteiger partial charge is 0.327 e. The molecule has 5 heteroatoms. The average molecular weight is 190 g/mol. The van der Waals surface area contributed by atoms with Gasteiger partial charge in [-0.2, -0.15) is 13.2 Å². The van der Waals surface area contributed by atoms with Crippen molar-refractivity contribution in [1.29, 1.82) is 0 Å². The molecule has 68 valence electrons. The van der Waals surface area contributed by atoms with Crippen LogP contribution in [-0.2, 0) is 0 Å². The third-order valence-electron chi connectivity index (χ3n) is 1.99. The summed E-state index contributed by atoms with van der Waals surface area (Å²) < 4.78 is 35.8. The molecular weight excluding hydrogens is 179 g/mol. The van der Waals surface area contributed by atoms with Crippen LogP contribution in [-0.4, -0.2) is 12.2 Å². The molecule has 1 aliphatic carbocycles. The minimum Gasteiger partial charge on any atom is -0.327 e. The van der Waals surface area contributed by atoms with Gasteiger partial charge in [-0.1, -0.05) is 6.42 Å². The summed E-state index contributed by atoms with van der Waals surface area (Å²) in [7, 11) is 0. The average Bonchev–Trinajstić information content (AvgIpc) is 2.11. The first-order valence-electron chi connectivity index (χ1n) is 3.34. The summed E-state index contributed by atoms with van der Waals surface area (Å²) >= 11 is 0. The molecule has 0 aromatic rings. The van der Waals surface area contributed by atoms with Crippen molar-refractivity contribution in [2.24, 2.45) is 11.7 Å². The Hall–Kier alpha value is 0.0400. The van der Waals surface area contributed by atoms with Crippen LogP contribution in [0.15, 0.2) is 0 Å². The van der Waals surface area contributed by atoms with E-state index in [4.69, 9.17) is 5.73 Å². The van der Waals surface area contributed by atoms with Crippen LogP contribution in [0.5, 0.6) is 0 Å². The van der Waals surface area contributed by atoms with Crippen molar-refractivity contribution in [2.45, 2.75) is 31.5 Å². The summed E-state index contributed by atoms with van der Waals surface area (Å²) in [5, 5.41) is 0. The molecule has 0 radical (unpaired) electrons. The van der Waals surface area contributed by atoms with Gasteiger partial charge in [-0.25, -0.2) is 0 Å². The second-order valence-corrected chi connectivity index (χ2v) is 2.74. The van der Waals surface area contributed by atoms with Crippen molar-refractivity contribution in [1.82, 2.24) is 0 Å². The first-order valence-corrected chi connectivity index (χ1v) is 3.34. The maximum absolute atomic E-state index is 11.9. The zero-order valence-corrected chi connectivity index (χ0v) is 6.71. The Morgan fingerprint density at radius 3 is 1.91 bits per heavy atom. The van der Waals surface area contributed by atoms with E-state index < -0.39 is 18.1 Å². The van der Waals surface area contributed by atoms with Crippen molar-refractivity contribution in [3.8, 4) is 0 Å². The molecule has 1 rings (SSSR count). The third-order valence-corrected chi connectivity index (χ3v) is 1.99. The standard InChI is InChI=1S/C6H10F3N.ClH/c7-6(8,9)4-2-1-3-5(4)10;/h4-5H,1-3,10H2;1H/t4-,5+;/m0./s1. The second kappa shape index (κ2) is 3.63. The lowest BCUT2D eigenvalue weighted by Crippen LogP contribution is -2.35. The molecule has 2 atom stereocenters. The van der Waals surface area contributed by atoms with Gasteiger partial charge in [0.25, 0.3) is 0 Å². The fourth-order valence-corrected chi connectivity index (χ4v) is 1.40. The topological polar surface area (TPSA) is 26.0 Å². The van der Waals surface area contributed by atoms with Crippen LogP contribution in [0.1, 0.15) is 19.3 Å². The second-order valence-electron chi connectivity index (χ2n) is 2.74. The number of halogens is 4. The summed E-state index contributed by atoms with van der Waals surface area (Å²) in [6, 6.07) is -0.653. The zero-order chi connectivity index (χ0) is 7.78. The van der Waals surface area contributed by atoms with Gasteiger partial charge in [-0.05, 0) is 12.8 Å². The number of hydrogen-bond acceptors (Lipinski definition) is 1. The molecule has 0 unspecified atom stereocenters. The van der Waals surface area contributed by atoms with Crippen LogP contribution in [0, 0.1) is 5.92 Å². The Balaban J connectivity index is 0.000001000. The summed E-state index contributed by atoms with van der Waals surface area (Å²) in [4.78, 5) is 0. The molecule has 0 bridgehead atoms. The zero-order valence-electron chi connectivity index (χ0n) is 5.90. The Kier molecular flexibility index (Phi) is 3.64. The number of alkyl halides is 3. The van der Waals surface area contributed by atoms with Gasteiger partial charge >= 0.3 is 6.18 Å². The Morgan fingerprint density at radius 1 is 1.18 bits per heavy atom. The molecule has 0 heterocycles. The van der Waals surface area contributed by atoms with E-state index in [0.717, 1.165) is 0 Å². The van der Waals surface area contributed by atoms with Crippen LogP contribution < -0.4 is 5.73 Å². The van der Waals surface area contributed by atoms with E-state index in [1.165, 1.54) is 0 Å². The molecule has 1 fully saturated rings. The lowest BCUT2D eigenvalue weighted by molar-refractivity contribution is -0.175. The Bertz CT molecular complexity index is 125. The van der Waals surface area contributed by atoms with Crippen LogP contribution >= 0.6 is 12.4 Å². The van der Waals surface area contributed by atoms with Gasteiger partial charge in [0.1, 0.15) is 0 Å². The fourth-order valence-electron chi connectivity index (χ4n) is 1.40. The van der Waals surface area contributed by atoms with Crippen molar-refractivity contribution < 1.29 is 13.2 Å². The van der Waals surface area contributed by atoms with Crippen molar-refractivity contribution in [2.75, 3.05) is 0 Å². The lowest BCUT2D eigenvalue weighted by atomic mass is 10.0. The van der Waals surface area contributed by atoms with E-state index in [9.17, 15) is 13.2 Å². The van der Waals surface area contributed by atoms with Gasteiger partial charge in [-0.3, -0.25) is 0 Å². The highest BCUT2D eigenvalue weighted by Gasteiger charge is 2.45. The quantitative estimate of drug-likeness (QED) is 0.621. The van der Waals surface area contributed by atoms with Crippen molar-refractivity contribution >= 4 is 12.4 Å². The highest BCUT2D eigenvalue weighted by atomic mass is 35.5. The van der Waals surface area contributed by atoms with Crippen LogP contribution in [0.2, 0.25) is 0 Å². The molecule has 0 aromatic carbocycles. The van der Waals surface area contributed by atoms with Crippen LogP contribution in [0.3, 0.4) is 0 Å². The van der Waals surface area contributed by atoms with Gasteiger partial charge in [0.05, 0.1) is 5.92 Å². The van der Waals surface area contributed by atoms with E-state index in [1.54, 1.807) is 0 Å². The molecule has 0 spiro atoms. The first kappa shape index (κ1) is 11.0. The summed E-state index contributed by atoms with van der Waals surface area (Å²) in [5.41, 5.74) is 5.25. The number of rotatable bonds is 0. The molecule has 0 saturated heterocycles. The van der Waals surface area contributed by atoms with Crippen LogP contribution in [0.25, 0.3) is 0 Å². The highest BCUT2D eigenvalue weighted by molar-refractivity contribution is 5.85. The van der Waals surface area contributed by atoms with E-state index in [0.29, 0.717) is 12.8 Å². The van der Waals surface area contributed by atoms with Gasteiger partial charge in [0, 0.05) is 6.04 Å². The summed E-state index contributed by atoms with van der Waals surface area (Å²) in [6.07, 6.45) is -2.73. The van der Waals surface area contributed by atoms with E-state index in [1.807, 2.05) is 0 Å². The van der Waals surface area contributed by atoms with Crippen LogP contribution in [0.4, 0.5) is 13.2 Å². The maximum Gasteiger partial charge on any atom is 0.393 e. The fraction of sp³-hybridized carbons (Fsp3) is 1.00. The monoisotopic (exact) mass is 189 g/mol. The van der Waals surface area contributed by atoms with E-state index in [-0.39, 0.29) is 18.8 Å². The largest absolute Gasteiger partial charge is 0.393 e. The van der Waals surface area contributed by atoms with Crippen molar-refractivity contribution in [3.05, 3.63) is 0 Å². The maximum atomic E-state index is 11.9. The molecular formula is C6H11ClF3N. The van der Waals surface area contributed by atoms with Gasteiger partial charge in [-0.15, -0.1) is 12.4 Å². The first-order chi connectivity index (χ1) is 4.52. The van der Waals surface area contributed by atoms with Gasteiger partial charge < -0.3 is 5.73 Å². The predicted octanol–water partition coefficient (Wildman–Crippen LogP) is 2.10. The Morgan fingerprint density at radius 2 is 1.73 bits per heavy atom. The summed E-state index contributed by atoms with van der Waals surface area (Å²) in [5.74, 6) is -1.24. The molecule has 0 aromatic heterocycles. The van der Waals surface area contributed by atoms with Gasteiger partial charge in [0.2, 0.25) is 0 Å². The van der Waals surface area contributed by atoms with E-state index in [2.05, 4.69) is 0 Å². The highest BCUT2D eigenvalue weighted by Crippen LogP contribution is 2.37. The number of hydrogen-bond donors (Lipinski definition) is 1. The molecule has 1 saturated carbocycles. The minimum absolute atomic E-state index is 0. The lowest BCUT2D eigenvalue weighted by Gasteiger charge is -2.18. The molecule has 0 amide bonds. The van der Waals surface area contributed by atoms with Gasteiger partial charge in [0.15, 0.2) is 0 Å². The predicted molar refractivity (Wildman–Crippen MR) is 38.6 cm³/mol. The molecule has 0 aliphatic heterocycles. The SMILES string of the molecule is Cl.N[C@@H]1CCC[C@@H]1C(F)(F)F. The molecule has 2 N–H and O–H groups in total. The normalized spacial score (nSPS) is 31.6. The van der Waals surface area contributed by atoms with Crippen molar-refractivity contribution in [3.63, 3.8) is 0 Å². The molecule has 11 heavy (non-hydrogen) atoms. The summed E-state index contributed by atoms with van der Waals surface area (Å²) in [6.45, 7) is 0. The molecule has 1 aliphatic rings. The third kappa shape index (κ3) is 2.52. The molecule has 1 nitrogen and oxygen atoms in total. The minimum atomic E-state index is -4.07.